The van der Waals surface area contributed by atoms with Crippen LogP contribution in [0, 0.1) is 0 Å². The quantitative estimate of drug-likeness (QED) is 0.115. The summed E-state index contributed by atoms with van der Waals surface area (Å²) in [4.78, 5) is 42.7. The average Bonchev–Trinajstić information content (AvgIpc) is 2.50. The lowest BCUT2D eigenvalue weighted by molar-refractivity contribution is -0.148. The molecule has 12 N–H and O–H groups in total. The van der Waals surface area contributed by atoms with Crippen molar-refractivity contribution in [3.8, 4) is 0 Å². The number of nitrogens with one attached hydrogen (secondary N) is 1. The minimum Gasteiger partial charge on any atom is -0.480 e. The molecule has 0 fully saturated rings. The normalized spacial score (nSPS) is 13.4. The second-order valence-corrected chi connectivity index (χ2v) is 5.49. The van der Waals surface area contributed by atoms with Gasteiger partial charge in [-0.1, -0.05) is 0 Å². The number of aliphatic imine (C=N–C) groups is 2. The van der Waals surface area contributed by atoms with Crippen molar-refractivity contribution in [2.75, 3.05) is 20.1 Å². The number of primary amides is 1. The maximum atomic E-state index is 12.2. The van der Waals surface area contributed by atoms with Gasteiger partial charge in [0.1, 0.15) is 6.04 Å². The highest BCUT2D eigenvalue weighted by atomic mass is 16.4. The largest absolute Gasteiger partial charge is 0.480 e. The summed E-state index contributed by atoms with van der Waals surface area (Å²) in [6.07, 6.45) is 1.01. The number of amides is 3. The van der Waals surface area contributed by atoms with Crippen molar-refractivity contribution in [3.63, 3.8) is 0 Å². The van der Waals surface area contributed by atoms with E-state index in [1.807, 2.05) is 5.32 Å². The Morgan fingerprint density at radius 1 is 1.15 bits per heavy atom. The third-order valence-electron chi connectivity index (χ3n) is 3.30. The molecule has 3 amide bonds. The number of carbonyl (C=O) groups is 3. The molecule has 148 valence electrons. The number of nitrogens with two attached hydrogens (primary N) is 5. The van der Waals surface area contributed by atoms with Gasteiger partial charge in [0.25, 0.3) is 0 Å². The molecule has 0 aromatic carbocycles. The topological polar surface area (TPSA) is 242 Å². The molecule has 0 heterocycles. The number of nitrogens with zero attached hydrogens (tertiary/aromatic N) is 3. The fraction of sp³-hybridized carbons (Fsp3) is 0.615. The summed E-state index contributed by atoms with van der Waals surface area (Å²) in [7, 11) is 1.32. The minimum atomic E-state index is -1.28. The van der Waals surface area contributed by atoms with Crippen LogP contribution >= 0.6 is 0 Å². The van der Waals surface area contributed by atoms with Crippen molar-refractivity contribution in [2.24, 2.45) is 38.7 Å². The number of hydrogen-bond donors (Lipinski definition) is 7. The van der Waals surface area contributed by atoms with Gasteiger partial charge in [0, 0.05) is 26.1 Å². The smallest absolute Gasteiger partial charge is 0.328 e. The SMILES string of the molecule is CN(C(=O)CC(N)CCCN=C(N)N)C(CN=C(N)NC(N)=O)C(=O)O. The zero-order valence-electron chi connectivity index (χ0n) is 14.6. The molecule has 0 aromatic rings. The van der Waals surface area contributed by atoms with Crippen LogP contribution in [-0.4, -0.2) is 72.1 Å². The zero-order chi connectivity index (χ0) is 20.3. The van der Waals surface area contributed by atoms with Crippen LogP contribution in [0.3, 0.4) is 0 Å². The van der Waals surface area contributed by atoms with Gasteiger partial charge < -0.3 is 38.7 Å². The third kappa shape index (κ3) is 9.92. The molecule has 26 heavy (non-hydrogen) atoms. The molecule has 0 spiro atoms. The van der Waals surface area contributed by atoms with Gasteiger partial charge in [0.05, 0.1) is 6.54 Å². The van der Waals surface area contributed by atoms with Crippen LogP contribution in [0.25, 0.3) is 0 Å². The van der Waals surface area contributed by atoms with Gasteiger partial charge in [0.2, 0.25) is 5.91 Å². The number of likely N-dealkylation sites (N-methyl/N-ethyl adjacent to an activating group) is 1. The summed E-state index contributed by atoms with van der Waals surface area (Å²) in [6, 6.07) is -2.68. The fourth-order valence-electron chi connectivity index (χ4n) is 1.92. The lowest BCUT2D eigenvalue weighted by Crippen LogP contribution is -2.47. The molecule has 0 aromatic heterocycles. The zero-order valence-corrected chi connectivity index (χ0v) is 14.6. The summed E-state index contributed by atoms with van der Waals surface area (Å²) in [5, 5.41) is 11.3. The van der Waals surface area contributed by atoms with E-state index in [0.29, 0.717) is 19.4 Å². The van der Waals surface area contributed by atoms with Gasteiger partial charge in [0.15, 0.2) is 11.9 Å². The Kier molecular flexibility index (Phi) is 10.1. The standard InChI is InChI=1S/C13H27N9O4/c1-22(8(10(24)25)6-20-12(17)21-13(18)26)9(23)5-7(14)3-2-4-19-11(15)16/h7-8H,2-6,14H2,1H3,(H,24,25)(H4,15,16,19)(H5,17,18,20,21,26). The van der Waals surface area contributed by atoms with Gasteiger partial charge in [-0.25, -0.2) is 9.59 Å². The Balaban J connectivity index is 4.64. The summed E-state index contributed by atoms with van der Waals surface area (Å²) in [6.45, 7) is 0.0298. The number of hydrogen-bond acceptors (Lipinski definition) is 6. The molecule has 0 aliphatic carbocycles. The molecule has 0 bridgehead atoms. The number of guanidine groups is 2. The van der Waals surface area contributed by atoms with Crippen molar-refractivity contribution in [1.29, 1.82) is 0 Å². The number of carboxylic acids is 1. The highest BCUT2D eigenvalue weighted by Gasteiger charge is 2.27. The average molecular weight is 373 g/mol. The van der Waals surface area contributed by atoms with E-state index in [9.17, 15) is 19.5 Å². The van der Waals surface area contributed by atoms with Crippen molar-refractivity contribution in [1.82, 2.24) is 10.2 Å². The lowest BCUT2D eigenvalue weighted by atomic mass is 10.1. The van der Waals surface area contributed by atoms with Crippen LogP contribution in [0.15, 0.2) is 9.98 Å². The Bertz CT molecular complexity index is 560. The number of carbonyl (C=O) groups excluding carboxylic acids is 2. The van der Waals surface area contributed by atoms with E-state index in [4.69, 9.17) is 28.7 Å². The highest BCUT2D eigenvalue weighted by molar-refractivity contribution is 5.94. The van der Waals surface area contributed by atoms with Crippen molar-refractivity contribution in [2.45, 2.75) is 31.3 Å². The fourth-order valence-corrected chi connectivity index (χ4v) is 1.92. The summed E-state index contributed by atoms with van der Waals surface area (Å²) >= 11 is 0. The Hall–Kier alpha value is -3.09. The molecule has 0 saturated heterocycles. The molecule has 0 saturated carbocycles. The maximum absolute atomic E-state index is 12.2. The van der Waals surface area contributed by atoms with E-state index < -0.39 is 30.0 Å². The minimum absolute atomic E-state index is 0.0238. The predicted octanol–water partition coefficient (Wildman–Crippen LogP) is -3.35. The van der Waals surface area contributed by atoms with Crippen LogP contribution in [0.1, 0.15) is 19.3 Å². The molecular formula is C13H27N9O4. The number of aliphatic carboxylic acids is 1. The van der Waals surface area contributed by atoms with E-state index in [1.165, 1.54) is 7.05 Å². The highest BCUT2D eigenvalue weighted by Crippen LogP contribution is 2.06. The third-order valence-corrected chi connectivity index (χ3v) is 3.30. The van der Waals surface area contributed by atoms with Crippen molar-refractivity contribution >= 4 is 29.8 Å². The maximum Gasteiger partial charge on any atom is 0.328 e. The molecule has 13 nitrogen and oxygen atoms in total. The van der Waals surface area contributed by atoms with Crippen LogP contribution in [0.5, 0.6) is 0 Å². The molecule has 0 aliphatic heterocycles. The second kappa shape index (κ2) is 11.5. The monoisotopic (exact) mass is 373 g/mol. The van der Waals surface area contributed by atoms with E-state index >= 15 is 0 Å². The van der Waals surface area contributed by atoms with Crippen molar-refractivity contribution < 1.29 is 19.5 Å². The molecule has 0 radical (unpaired) electrons. The molecule has 0 rings (SSSR count). The van der Waals surface area contributed by atoms with Gasteiger partial charge in [-0.05, 0) is 12.8 Å². The Labute approximate surface area is 150 Å². The van der Waals surface area contributed by atoms with E-state index in [0.717, 1.165) is 4.90 Å². The first-order valence-corrected chi connectivity index (χ1v) is 7.70. The first-order valence-electron chi connectivity index (χ1n) is 7.70. The van der Waals surface area contributed by atoms with E-state index in [2.05, 4.69) is 9.98 Å². The summed E-state index contributed by atoms with van der Waals surface area (Å²) in [5.74, 6) is -2.12. The molecule has 2 unspecified atom stereocenters. The summed E-state index contributed by atoms with van der Waals surface area (Å²) < 4.78 is 0. The molecular weight excluding hydrogens is 346 g/mol. The Morgan fingerprint density at radius 3 is 2.27 bits per heavy atom. The van der Waals surface area contributed by atoms with Gasteiger partial charge in [-0.15, -0.1) is 0 Å². The molecule has 13 heteroatoms. The predicted molar refractivity (Wildman–Crippen MR) is 95.9 cm³/mol. The number of carboxylic acid groups (broad SMARTS) is 1. The lowest BCUT2D eigenvalue weighted by Gasteiger charge is -2.25. The van der Waals surface area contributed by atoms with E-state index in [1.54, 1.807) is 0 Å². The van der Waals surface area contributed by atoms with Gasteiger partial charge in [-0.2, -0.15) is 0 Å². The molecule has 2 atom stereocenters. The van der Waals surface area contributed by atoms with Crippen LogP contribution in [-0.2, 0) is 9.59 Å². The van der Waals surface area contributed by atoms with Crippen LogP contribution in [0.4, 0.5) is 4.79 Å². The van der Waals surface area contributed by atoms with Crippen molar-refractivity contribution in [3.05, 3.63) is 0 Å². The van der Waals surface area contributed by atoms with Crippen LogP contribution in [0.2, 0.25) is 0 Å². The first kappa shape index (κ1) is 22.9. The molecule has 0 aliphatic rings. The number of rotatable bonds is 10. The van der Waals surface area contributed by atoms with Crippen LogP contribution < -0.4 is 34.0 Å². The first-order chi connectivity index (χ1) is 12.0. The van der Waals surface area contributed by atoms with Gasteiger partial charge in [-0.3, -0.25) is 20.1 Å². The van der Waals surface area contributed by atoms with Gasteiger partial charge >= 0.3 is 12.0 Å². The second-order valence-electron chi connectivity index (χ2n) is 5.49. The Morgan fingerprint density at radius 2 is 1.77 bits per heavy atom. The number of urea groups is 1. The van der Waals surface area contributed by atoms with E-state index in [-0.39, 0.29) is 24.9 Å². The summed E-state index contributed by atoms with van der Waals surface area (Å²) in [5.41, 5.74) is 26.5.